The van der Waals surface area contributed by atoms with Crippen molar-refractivity contribution < 1.29 is 4.79 Å². The van der Waals surface area contributed by atoms with Crippen LogP contribution in [0.15, 0.2) is 59.9 Å². The van der Waals surface area contributed by atoms with E-state index in [0.717, 1.165) is 5.56 Å². The number of nitrogens with one attached hydrogen (secondary N) is 1. The van der Waals surface area contributed by atoms with Crippen LogP contribution in [0.4, 0.5) is 0 Å². The fraction of sp³-hybridized carbons (Fsp3) is 0.0667. The molecular weight excluding hydrogens is 298 g/mol. The third-order valence-corrected chi connectivity index (χ3v) is 4.09. The van der Waals surface area contributed by atoms with Gasteiger partial charge in [-0.25, -0.2) is 0 Å². The highest BCUT2D eigenvalue weighted by molar-refractivity contribution is 8.00. The first kappa shape index (κ1) is 14.3. The lowest BCUT2D eigenvalue weighted by Crippen LogP contribution is -2.19. The van der Waals surface area contributed by atoms with Gasteiger partial charge in [0.15, 0.2) is 5.82 Å². The fourth-order valence-electron chi connectivity index (χ4n) is 1.94. The number of pyridine rings is 1. The topological polar surface area (TPSA) is 97.6 Å². The van der Waals surface area contributed by atoms with Crippen molar-refractivity contribution in [1.82, 2.24) is 20.2 Å². The number of aromatic amines is 1. The number of carbonyl (C=O) groups is 1. The van der Waals surface area contributed by atoms with Crippen LogP contribution in [0, 0.1) is 0 Å². The van der Waals surface area contributed by atoms with Crippen molar-refractivity contribution in [3.63, 3.8) is 0 Å². The second-order valence-electron chi connectivity index (χ2n) is 4.49. The Kier molecular flexibility index (Phi) is 4.15. The summed E-state index contributed by atoms with van der Waals surface area (Å²) >= 11 is 1.21. The number of nitrogens with two attached hydrogens (primary N) is 1. The minimum Gasteiger partial charge on any atom is -0.368 e. The summed E-state index contributed by atoms with van der Waals surface area (Å²) in [6.45, 7) is 0. The first-order chi connectivity index (χ1) is 10.7. The van der Waals surface area contributed by atoms with Crippen LogP contribution in [0.5, 0.6) is 0 Å². The second kappa shape index (κ2) is 6.40. The molecule has 7 heteroatoms. The maximum atomic E-state index is 11.7. The minimum atomic E-state index is -0.534. The molecule has 22 heavy (non-hydrogen) atoms. The van der Waals surface area contributed by atoms with E-state index in [1.54, 1.807) is 6.20 Å². The monoisotopic (exact) mass is 311 g/mol. The Labute approximate surface area is 131 Å². The maximum Gasteiger partial charge on any atom is 0.235 e. The Balaban J connectivity index is 1.83. The number of aromatic nitrogens is 4. The Morgan fingerprint density at radius 3 is 2.59 bits per heavy atom. The van der Waals surface area contributed by atoms with E-state index in [1.165, 1.54) is 11.8 Å². The number of hydrogen-bond acceptors (Lipinski definition) is 5. The zero-order valence-corrected chi connectivity index (χ0v) is 12.3. The van der Waals surface area contributed by atoms with Gasteiger partial charge in [-0.05, 0) is 17.7 Å². The van der Waals surface area contributed by atoms with Crippen LogP contribution >= 0.6 is 11.8 Å². The Morgan fingerprint density at radius 2 is 1.91 bits per heavy atom. The van der Waals surface area contributed by atoms with Gasteiger partial charge in [-0.15, -0.1) is 5.10 Å². The van der Waals surface area contributed by atoms with Gasteiger partial charge >= 0.3 is 0 Å². The van der Waals surface area contributed by atoms with Crippen LogP contribution in [-0.4, -0.2) is 26.1 Å². The molecule has 0 saturated heterocycles. The predicted octanol–water partition coefficient (Wildman–Crippen LogP) is 2.19. The van der Waals surface area contributed by atoms with Gasteiger partial charge in [0.25, 0.3) is 0 Å². The average molecular weight is 311 g/mol. The third-order valence-electron chi connectivity index (χ3n) is 2.96. The number of hydrogen-bond donors (Lipinski definition) is 2. The summed E-state index contributed by atoms with van der Waals surface area (Å²) in [5.41, 5.74) is 7.01. The molecule has 0 unspecified atom stereocenters. The van der Waals surface area contributed by atoms with Crippen molar-refractivity contribution in [1.29, 1.82) is 0 Å². The van der Waals surface area contributed by atoms with Gasteiger partial charge < -0.3 is 5.73 Å². The van der Waals surface area contributed by atoms with E-state index in [0.29, 0.717) is 16.7 Å². The summed E-state index contributed by atoms with van der Waals surface area (Å²) in [5, 5.41) is 6.86. The number of amides is 1. The molecule has 0 aliphatic rings. The van der Waals surface area contributed by atoms with Crippen LogP contribution < -0.4 is 5.73 Å². The van der Waals surface area contributed by atoms with Crippen LogP contribution in [-0.2, 0) is 4.79 Å². The Bertz CT molecular complexity index is 760. The van der Waals surface area contributed by atoms with E-state index >= 15 is 0 Å². The Morgan fingerprint density at radius 1 is 1.14 bits per heavy atom. The molecule has 1 aromatic carbocycles. The number of thioether (sulfide) groups is 1. The molecular formula is C15H13N5OS. The SMILES string of the molecule is NC(=O)[C@@H](Sc1n[nH]c(-c2ccccn2)n1)c1ccccc1. The summed E-state index contributed by atoms with van der Waals surface area (Å²) < 4.78 is 0. The molecule has 6 nitrogen and oxygen atoms in total. The molecule has 0 spiro atoms. The van der Waals surface area contributed by atoms with Gasteiger partial charge in [-0.3, -0.25) is 14.9 Å². The highest BCUT2D eigenvalue weighted by Crippen LogP contribution is 2.33. The number of benzene rings is 1. The summed E-state index contributed by atoms with van der Waals surface area (Å²) in [5.74, 6) is 0.125. The molecule has 0 bridgehead atoms. The van der Waals surface area contributed by atoms with E-state index in [9.17, 15) is 4.79 Å². The van der Waals surface area contributed by atoms with Crippen LogP contribution in [0.1, 0.15) is 10.8 Å². The van der Waals surface area contributed by atoms with Gasteiger partial charge in [0.1, 0.15) is 10.9 Å². The van der Waals surface area contributed by atoms with Crippen molar-refractivity contribution in [2.24, 2.45) is 5.73 Å². The zero-order valence-electron chi connectivity index (χ0n) is 11.5. The van der Waals surface area contributed by atoms with Crippen molar-refractivity contribution >= 4 is 17.7 Å². The van der Waals surface area contributed by atoms with E-state index in [1.807, 2.05) is 48.5 Å². The summed E-state index contributed by atoms with van der Waals surface area (Å²) in [6, 6.07) is 14.9. The molecule has 3 aromatic rings. The highest BCUT2D eigenvalue weighted by atomic mass is 32.2. The molecule has 110 valence electrons. The first-order valence-electron chi connectivity index (χ1n) is 6.59. The maximum absolute atomic E-state index is 11.7. The molecule has 2 aromatic heterocycles. The highest BCUT2D eigenvalue weighted by Gasteiger charge is 2.21. The smallest absolute Gasteiger partial charge is 0.235 e. The standard InChI is InChI=1S/C15H13N5OS/c16-13(21)12(10-6-2-1-3-7-10)22-15-18-14(19-20-15)11-8-4-5-9-17-11/h1-9,12H,(H2,16,21)(H,18,19,20)/t12-/m0/s1. The molecule has 0 aliphatic carbocycles. The average Bonchev–Trinajstić information content (AvgIpc) is 3.03. The second-order valence-corrected chi connectivity index (χ2v) is 5.56. The lowest BCUT2D eigenvalue weighted by atomic mass is 10.1. The van der Waals surface area contributed by atoms with E-state index in [2.05, 4.69) is 20.2 Å². The molecule has 3 rings (SSSR count). The van der Waals surface area contributed by atoms with Crippen molar-refractivity contribution in [3.05, 3.63) is 60.3 Å². The van der Waals surface area contributed by atoms with E-state index < -0.39 is 11.2 Å². The molecule has 0 radical (unpaired) electrons. The molecule has 1 atom stereocenters. The van der Waals surface area contributed by atoms with Gasteiger partial charge in [0.2, 0.25) is 11.1 Å². The van der Waals surface area contributed by atoms with Crippen molar-refractivity contribution in [3.8, 4) is 11.5 Å². The number of rotatable bonds is 5. The normalized spacial score (nSPS) is 12.0. The van der Waals surface area contributed by atoms with Crippen LogP contribution in [0.25, 0.3) is 11.5 Å². The van der Waals surface area contributed by atoms with Gasteiger partial charge in [-0.2, -0.15) is 4.98 Å². The largest absolute Gasteiger partial charge is 0.368 e. The van der Waals surface area contributed by atoms with Gasteiger partial charge in [0.05, 0.1) is 0 Å². The lowest BCUT2D eigenvalue weighted by molar-refractivity contribution is -0.117. The van der Waals surface area contributed by atoms with Crippen molar-refractivity contribution in [2.45, 2.75) is 10.4 Å². The van der Waals surface area contributed by atoms with E-state index in [4.69, 9.17) is 5.73 Å². The molecule has 0 fully saturated rings. The van der Waals surface area contributed by atoms with Crippen LogP contribution in [0.3, 0.4) is 0 Å². The molecule has 0 aliphatic heterocycles. The summed E-state index contributed by atoms with van der Waals surface area (Å²) in [4.78, 5) is 20.3. The third kappa shape index (κ3) is 3.15. The molecule has 1 amide bonds. The molecule has 0 saturated carbocycles. The Hall–Kier alpha value is -2.67. The predicted molar refractivity (Wildman–Crippen MR) is 83.8 cm³/mol. The van der Waals surface area contributed by atoms with Crippen molar-refractivity contribution in [2.75, 3.05) is 0 Å². The van der Waals surface area contributed by atoms with Gasteiger partial charge in [-0.1, -0.05) is 48.2 Å². The van der Waals surface area contributed by atoms with Crippen LogP contribution in [0.2, 0.25) is 0 Å². The number of carbonyl (C=O) groups excluding carboxylic acids is 1. The molecule has 3 N–H and O–H groups in total. The summed E-state index contributed by atoms with van der Waals surface area (Å²) in [7, 11) is 0. The number of H-pyrrole nitrogens is 1. The first-order valence-corrected chi connectivity index (χ1v) is 7.47. The summed E-state index contributed by atoms with van der Waals surface area (Å²) in [6.07, 6.45) is 1.68. The minimum absolute atomic E-state index is 0.430. The fourth-order valence-corrected chi connectivity index (χ4v) is 2.80. The number of primary amides is 1. The van der Waals surface area contributed by atoms with Gasteiger partial charge in [0, 0.05) is 6.20 Å². The van der Waals surface area contributed by atoms with E-state index in [-0.39, 0.29) is 0 Å². The molecule has 2 heterocycles. The quantitative estimate of drug-likeness (QED) is 0.704. The lowest BCUT2D eigenvalue weighted by Gasteiger charge is -2.10. The zero-order chi connectivity index (χ0) is 15.4. The number of nitrogens with zero attached hydrogens (tertiary/aromatic N) is 3.